The fourth-order valence-electron chi connectivity index (χ4n) is 4.34. The van der Waals surface area contributed by atoms with Crippen molar-refractivity contribution in [2.45, 2.75) is 45.7 Å². The van der Waals surface area contributed by atoms with Crippen LogP contribution in [-0.2, 0) is 9.59 Å². The zero-order valence-corrected chi connectivity index (χ0v) is 22.5. The van der Waals surface area contributed by atoms with Crippen molar-refractivity contribution in [3.05, 3.63) is 95.3 Å². The molecule has 4 amide bonds. The van der Waals surface area contributed by atoms with Crippen LogP contribution in [0.3, 0.4) is 0 Å². The Morgan fingerprint density at radius 3 is 2.36 bits per heavy atom. The molecule has 3 N–H and O–H groups in total. The summed E-state index contributed by atoms with van der Waals surface area (Å²) in [5, 5.41) is 14.1. The van der Waals surface area contributed by atoms with Crippen LogP contribution in [0.1, 0.15) is 49.4 Å². The third-order valence-electron chi connectivity index (χ3n) is 6.27. The summed E-state index contributed by atoms with van der Waals surface area (Å²) in [5.41, 5.74) is 1.90. The van der Waals surface area contributed by atoms with Crippen molar-refractivity contribution in [1.82, 2.24) is 10.2 Å². The van der Waals surface area contributed by atoms with Crippen LogP contribution < -0.4 is 15.4 Å². The SMILES string of the molecule is CC.Cc1ccc(NC(=O)C(C(C)c2ccccc2)N2C(=O)NC(c3ccc(OCCO)cc3)C2=O)c(F)c1. The van der Waals surface area contributed by atoms with Crippen molar-refractivity contribution in [3.8, 4) is 5.75 Å². The Morgan fingerprint density at radius 2 is 1.74 bits per heavy atom. The van der Waals surface area contributed by atoms with E-state index in [2.05, 4.69) is 10.6 Å². The fourth-order valence-corrected chi connectivity index (χ4v) is 4.34. The van der Waals surface area contributed by atoms with Gasteiger partial charge in [0.05, 0.1) is 12.3 Å². The Hall–Kier alpha value is -4.24. The van der Waals surface area contributed by atoms with Gasteiger partial charge in [0.15, 0.2) is 0 Å². The average molecular weight is 536 g/mol. The van der Waals surface area contributed by atoms with E-state index in [0.717, 1.165) is 10.5 Å². The number of carbonyl (C=O) groups excluding carboxylic acids is 3. The Labute approximate surface area is 227 Å². The third-order valence-corrected chi connectivity index (χ3v) is 6.27. The predicted molar refractivity (Wildman–Crippen MR) is 147 cm³/mol. The second-order valence-corrected chi connectivity index (χ2v) is 8.85. The van der Waals surface area contributed by atoms with Gasteiger partial charge in [0.25, 0.3) is 5.91 Å². The quantitative estimate of drug-likeness (QED) is 0.337. The van der Waals surface area contributed by atoms with Crippen molar-refractivity contribution in [3.63, 3.8) is 0 Å². The number of urea groups is 1. The van der Waals surface area contributed by atoms with E-state index in [9.17, 15) is 18.8 Å². The molecule has 206 valence electrons. The number of rotatable bonds is 9. The molecule has 3 aromatic rings. The summed E-state index contributed by atoms with van der Waals surface area (Å²) in [6, 6.07) is 17.0. The van der Waals surface area contributed by atoms with Gasteiger partial charge in [-0.15, -0.1) is 0 Å². The largest absolute Gasteiger partial charge is 0.491 e. The van der Waals surface area contributed by atoms with Gasteiger partial charge in [-0.3, -0.25) is 9.59 Å². The highest BCUT2D eigenvalue weighted by Crippen LogP contribution is 2.32. The summed E-state index contributed by atoms with van der Waals surface area (Å²) >= 11 is 0. The lowest BCUT2D eigenvalue weighted by Gasteiger charge is -2.30. The molecule has 1 aliphatic heterocycles. The first-order chi connectivity index (χ1) is 18.8. The molecule has 0 aliphatic carbocycles. The van der Waals surface area contributed by atoms with Crippen molar-refractivity contribution < 1.29 is 28.6 Å². The molecule has 1 aliphatic rings. The number of hydrogen-bond donors (Lipinski definition) is 3. The van der Waals surface area contributed by atoms with Crippen LogP contribution in [0.25, 0.3) is 0 Å². The molecule has 1 heterocycles. The van der Waals surface area contributed by atoms with Crippen LogP contribution in [0.4, 0.5) is 14.9 Å². The number of carbonyl (C=O) groups is 3. The highest BCUT2D eigenvalue weighted by molar-refractivity contribution is 6.10. The minimum atomic E-state index is -1.24. The van der Waals surface area contributed by atoms with Crippen LogP contribution >= 0.6 is 0 Å². The van der Waals surface area contributed by atoms with Crippen molar-refractivity contribution >= 4 is 23.5 Å². The second-order valence-electron chi connectivity index (χ2n) is 8.85. The molecule has 1 saturated heterocycles. The molecular formula is C30H34FN3O5. The molecule has 0 radical (unpaired) electrons. The van der Waals surface area contributed by atoms with E-state index in [1.807, 2.05) is 19.9 Å². The van der Waals surface area contributed by atoms with Crippen molar-refractivity contribution in [2.24, 2.45) is 0 Å². The Kier molecular flexibility index (Phi) is 10.2. The lowest BCUT2D eigenvalue weighted by Crippen LogP contribution is -2.50. The molecule has 3 aromatic carbocycles. The van der Waals surface area contributed by atoms with Crippen LogP contribution in [-0.4, -0.2) is 47.1 Å². The van der Waals surface area contributed by atoms with Crippen LogP contribution in [0, 0.1) is 12.7 Å². The van der Waals surface area contributed by atoms with E-state index >= 15 is 0 Å². The van der Waals surface area contributed by atoms with E-state index in [1.165, 1.54) is 12.1 Å². The molecule has 3 unspecified atom stereocenters. The molecule has 39 heavy (non-hydrogen) atoms. The molecule has 0 saturated carbocycles. The molecule has 8 nitrogen and oxygen atoms in total. The lowest BCUT2D eigenvalue weighted by molar-refractivity contribution is -0.134. The number of nitrogens with one attached hydrogen (secondary N) is 2. The Bertz CT molecular complexity index is 1280. The number of ether oxygens (including phenoxy) is 1. The summed E-state index contributed by atoms with van der Waals surface area (Å²) in [6.07, 6.45) is 0. The van der Waals surface area contributed by atoms with Gasteiger partial charge in [-0.05, 0) is 47.9 Å². The number of anilines is 1. The number of halogens is 1. The number of aliphatic hydroxyl groups excluding tert-OH is 1. The van der Waals surface area contributed by atoms with Gasteiger partial charge in [0.2, 0.25) is 5.91 Å². The monoisotopic (exact) mass is 535 g/mol. The maximum absolute atomic E-state index is 14.5. The van der Waals surface area contributed by atoms with Crippen LogP contribution in [0.15, 0.2) is 72.8 Å². The summed E-state index contributed by atoms with van der Waals surface area (Å²) in [6.45, 7) is 7.46. The number of imide groups is 1. The zero-order chi connectivity index (χ0) is 28.5. The van der Waals surface area contributed by atoms with E-state index < -0.39 is 41.7 Å². The van der Waals surface area contributed by atoms with Gasteiger partial charge in [0, 0.05) is 5.92 Å². The zero-order valence-electron chi connectivity index (χ0n) is 22.5. The molecule has 0 spiro atoms. The van der Waals surface area contributed by atoms with Crippen molar-refractivity contribution in [1.29, 1.82) is 0 Å². The molecule has 0 aromatic heterocycles. The summed E-state index contributed by atoms with van der Waals surface area (Å²) in [5.74, 6) is -1.98. The van der Waals surface area contributed by atoms with Gasteiger partial charge in [-0.25, -0.2) is 14.1 Å². The number of benzene rings is 3. The van der Waals surface area contributed by atoms with Crippen LogP contribution in [0.2, 0.25) is 0 Å². The number of amides is 4. The first-order valence-corrected chi connectivity index (χ1v) is 12.9. The number of aryl methyl sites for hydroxylation is 1. The standard InChI is InChI=1S/C28H28FN3O5.C2H6/c1-17-8-13-23(22(29)16-17)30-26(34)25(18(2)19-6-4-3-5-7-19)32-27(35)24(31-28(32)36)20-9-11-21(12-10-20)37-15-14-33;1-2/h3-13,16,18,24-25,33H,14-15H2,1-2H3,(H,30,34)(H,31,36);1-2H3. The van der Waals surface area contributed by atoms with Gasteiger partial charge in [-0.2, -0.15) is 0 Å². The maximum atomic E-state index is 14.5. The molecule has 3 atom stereocenters. The normalized spacial score (nSPS) is 16.1. The second kappa shape index (κ2) is 13.5. The molecular weight excluding hydrogens is 501 g/mol. The first-order valence-electron chi connectivity index (χ1n) is 12.9. The van der Waals surface area contributed by atoms with E-state index in [0.29, 0.717) is 16.9 Å². The minimum Gasteiger partial charge on any atom is -0.491 e. The smallest absolute Gasteiger partial charge is 0.325 e. The Morgan fingerprint density at radius 1 is 1.08 bits per heavy atom. The predicted octanol–water partition coefficient (Wildman–Crippen LogP) is 4.94. The molecule has 4 rings (SSSR count). The highest BCUT2D eigenvalue weighted by Gasteiger charge is 2.47. The van der Waals surface area contributed by atoms with Gasteiger partial charge >= 0.3 is 6.03 Å². The van der Waals surface area contributed by atoms with E-state index in [4.69, 9.17) is 9.84 Å². The average Bonchev–Trinajstić information content (AvgIpc) is 3.24. The number of hydrogen-bond acceptors (Lipinski definition) is 5. The number of nitrogens with zero attached hydrogens (tertiary/aromatic N) is 1. The van der Waals surface area contributed by atoms with Gasteiger partial charge in [0.1, 0.15) is 30.3 Å². The minimum absolute atomic E-state index is 0.0390. The Balaban J connectivity index is 0.00000205. The highest BCUT2D eigenvalue weighted by atomic mass is 19.1. The number of aliphatic hydroxyl groups is 1. The summed E-state index contributed by atoms with van der Waals surface area (Å²) in [7, 11) is 0. The third kappa shape index (κ3) is 6.80. The summed E-state index contributed by atoms with van der Waals surface area (Å²) < 4.78 is 19.9. The van der Waals surface area contributed by atoms with Crippen molar-refractivity contribution in [2.75, 3.05) is 18.5 Å². The fraction of sp³-hybridized carbons (Fsp3) is 0.300. The molecule has 9 heteroatoms. The molecule has 0 bridgehead atoms. The van der Waals surface area contributed by atoms with Crippen LogP contribution in [0.5, 0.6) is 5.75 Å². The van der Waals surface area contributed by atoms with E-state index in [-0.39, 0.29) is 18.9 Å². The summed E-state index contributed by atoms with van der Waals surface area (Å²) in [4.78, 5) is 41.1. The molecule has 1 fully saturated rings. The lowest BCUT2D eigenvalue weighted by atomic mass is 9.91. The van der Waals surface area contributed by atoms with Gasteiger partial charge in [-0.1, -0.05) is 69.3 Å². The first kappa shape index (κ1) is 29.3. The maximum Gasteiger partial charge on any atom is 0.325 e. The van der Waals surface area contributed by atoms with E-state index in [1.54, 1.807) is 68.4 Å². The van der Waals surface area contributed by atoms with Gasteiger partial charge < -0.3 is 20.5 Å². The topological polar surface area (TPSA) is 108 Å².